The van der Waals surface area contributed by atoms with Crippen LogP contribution < -0.4 is 4.74 Å². The maximum atomic E-state index is 12.2. The van der Waals surface area contributed by atoms with Crippen LogP contribution in [0.25, 0.3) is 6.08 Å². The summed E-state index contributed by atoms with van der Waals surface area (Å²) >= 11 is 0. The van der Waals surface area contributed by atoms with Gasteiger partial charge in [0, 0.05) is 11.6 Å². The van der Waals surface area contributed by atoms with Crippen molar-refractivity contribution in [3.05, 3.63) is 51.1 Å². The molecule has 0 aliphatic heterocycles. The van der Waals surface area contributed by atoms with Crippen LogP contribution in [0.15, 0.2) is 35.4 Å². The van der Waals surface area contributed by atoms with Gasteiger partial charge in [0.1, 0.15) is 5.75 Å². The van der Waals surface area contributed by atoms with Crippen molar-refractivity contribution in [2.75, 3.05) is 13.2 Å². The monoisotopic (exact) mass is 377 g/mol. The van der Waals surface area contributed by atoms with Gasteiger partial charge in [-0.1, -0.05) is 11.6 Å². The predicted molar refractivity (Wildman–Crippen MR) is 99.4 cm³/mol. The van der Waals surface area contributed by atoms with Crippen molar-refractivity contribution in [1.82, 2.24) is 0 Å². The Morgan fingerprint density at radius 2 is 1.81 bits per heavy atom. The molecule has 0 aliphatic carbocycles. The summed E-state index contributed by atoms with van der Waals surface area (Å²) in [6.07, 6.45) is 2.51. The lowest BCUT2D eigenvalue weighted by Gasteiger charge is -2.08. The molecule has 0 N–H and O–H groups in total. The third kappa shape index (κ3) is 7.31. The molecule has 0 fully saturated rings. The first kappa shape index (κ1) is 21.9. The second-order valence-electron chi connectivity index (χ2n) is 5.64. The summed E-state index contributed by atoms with van der Waals surface area (Å²) in [4.78, 5) is 34.4. The number of allylic oxidation sites excluding steroid dienone is 2. The zero-order chi connectivity index (χ0) is 20.4. The second-order valence-corrected chi connectivity index (χ2v) is 5.64. The maximum absolute atomic E-state index is 12.2. The van der Waals surface area contributed by atoms with Gasteiger partial charge in [0.2, 0.25) is 0 Å². The summed E-state index contributed by atoms with van der Waals surface area (Å²) in [6.45, 7) is 7.36. The average molecular weight is 377 g/mol. The molecular weight excluding hydrogens is 354 g/mol. The lowest BCUT2D eigenvalue weighted by Crippen LogP contribution is -2.10. The lowest BCUT2D eigenvalue weighted by atomic mass is 10.0. The van der Waals surface area contributed by atoms with Crippen molar-refractivity contribution >= 4 is 23.9 Å². The molecule has 0 spiro atoms. The van der Waals surface area contributed by atoms with Gasteiger partial charge < -0.3 is 14.2 Å². The van der Waals surface area contributed by atoms with Crippen molar-refractivity contribution in [2.24, 2.45) is 0 Å². The van der Waals surface area contributed by atoms with Gasteiger partial charge in [-0.2, -0.15) is 0 Å². The topological polar surface area (TPSA) is 105 Å². The second kappa shape index (κ2) is 10.7. The smallest absolute Gasteiger partial charge is 0.463 e. The van der Waals surface area contributed by atoms with E-state index < -0.39 is 17.0 Å². The summed E-state index contributed by atoms with van der Waals surface area (Å²) < 4.78 is 14.7. The molecule has 0 saturated heterocycles. The molecule has 8 nitrogen and oxygen atoms in total. The van der Waals surface area contributed by atoms with E-state index in [0.717, 1.165) is 5.57 Å². The molecule has 146 valence electrons. The van der Waals surface area contributed by atoms with Gasteiger partial charge in [0.05, 0.1) is 23.7 Å². The zero-order valence-electron chi connectivity index (χ0n) is 15.8. The molecular formula is C19H23NO7. The number of esters is 1. The van der Waals surface area contributed by atoms with Crippen LogP contribution in [0.4, 0.5) is 10.5 Å². The standard InChI is InChI=1S/C19H23NO7/c1-5-25-18(21)14(8-7-13(3)4)11-15-12-16(27-19(22)26-6-2)9-10-17(15)20(23)24/h7,9-12H,5-6,8H2,1-4H3/b14-11+. The van der Waals surface area contributed by atoms with Crippen LogP contribution in [-0.4, -0.2) is 30.3 Å². The number of carbonyl (C=O) groups excluding carboxylic acids is 2. The summed E-state index contributed by atoms with van der Waals surface area (Å²) in [5.41, 5.74) is 1.12. The average Bonchev–Trinajstić information content (AvgIpc) is 2.58. The maximum Gasteiger partial charge on any atom is 0.513 e. The van der Waals surface area contributed by atoms with Gasteiger partial charge in [-0.3, -0.25) is 10.1 Å². The summed E-state index contributed by atoms with van der Waals surface area (Å²) in [7, 11) is 0. The van der Waals surface area contributed by atoms with Gasteiger partial charge >= 0.3 is 12.1 Å². The highest BCUT2D eigenvalue weighted by Gasteiger charge is 2.18. The Morgan fingerprint density at radius 3 is 2.37 bits per heavy atom. The van der Waals surface area contributed by atoms with Crippen LogP contribution in [0.2, 0.25) is 0 Å². The Morgan fingerprint density at radius 1 is 1.15 bits per heavy atom. The Bertz CT molecular complexity index is 761. The fourth-order valence-electron chi connectivity index (χ4n) is 2.05. The highest BCUT2D eigenvalue weighted by molar-refractivity contribution is 5.94. The molecule has 0 aliphatic rings. The highest BCUT2D eigenvalue weighted by Crippen LogP contribution is 2.27. The normalized spacial score (nSPS) is 10.7. The molecule has 0 heterocycles. The summed E-state index contributed by atoms with van der Waals surface area (Å²) in [5, 5.41) is 11.3. The van der Waals surface area contributed by atoms with Crippen molar-refractivity contribution in [1.29, 1.82) is 0 Å². The van der Waals surface area contributed by atoms with Gasteiger partial charge in [-0.05, 0) is 52.3 Å². The van der Waals surface area contributed by atoms with E-state index in [4.69, 9.17) is 9.47 Å². The third-order valence-corrected chi connectivity index (χ3v) is 3.26. The zero-order valence-corrected chi connectivity index (χ0v) is 15.8. The molecule has 27 heavy (non-hydrogen) atoms. The molecule has 0 unspecified atom stereocenters. The van der Waals surface area contributed by atoms with Crippen molar-refractivity contribution in [2.45, 2.75) is 34.1 Å². The molecule has 1 rings (SSSR count). The minimum absolute atomic E-state index is 0.0655. The van der Waals surface area contributed by atoms with Crippen LogP contribution >= 0.6 is 0 Å². The van der Waals surface area contributed by atoms with Gasteiger partial charge in [-0.25, -0.2) is 9.59 Å². The third-order valence-electron chi connectivity index (χ3n) is 3.26. The van der Waals surface area contributed by atoms with E-state index in [2.05, 4.69) is 4.74 Å². The lowest BCUT2D eigenvalue weighted by molar-refractivity contribution is -0.385. The predicted octanol–water partition coefficient (Wildman–Crippen LogP) is 4.43. The largest absolute Gasteiger partial charge is 0.513 e. The number of hydrogen-bond donors (Lipinski definition) is 0. The number of nitro groups is 1. The van der Waals surface area contributed by atoms with E-state index in [1.165, 1.54) is 24.3 Å². The van der Waals surface area contributed by atoms with Crippen molar-refractivity contribution in [3.63, 3.8) is 0 Å². The highest BCUT2D eigenvalue weighted by atomic mass is 16.7. The number of hydrogen-bond acceptors (Lipinski definition) is 7. The number of rotatable bonds is 8. The van der Waals surface area contributed by atoms with Crippen molar-refractivity contribution in [3.8, 4) is 5.75 Å². The van der Waals surface area contributed by atoms with Crippen LogP contribution in [0.1, 0.15) is 39.7 Å². The Balaban J connectivity index is 3.35. The van der Waals surface area contributed by atoms with E-state index in [-0.39, 0.29) is 42.2 Å². The van der Waals surface area contributed by atoms with Crippen LogP contribution in [0, 0.1) is 10.1 Å². The molecule has 1 aromatic carbocycles. The molecule has 0 atom stereocenters. The van der Waals surface area contributed by atoms with Gasteiger partial charge in [-0.15, -0.1) is 0 Å². The number of nitrogens with zero attached hydrogens (tertiary/aromatic N) is 1. The molecule has 0 bridgehead atoms. The Hall–Kier alpha value is -3.16. The Kier molecular flexibility index (Phi) is 8.71. The van der Waals surface area contributed by atoms with E-state index in [9.17, 15) is 19.7 Å². The molecule has 0 aromatic heterocycles. The fraction of sp³-hybridized carbons (Fsp3) is 0.368. The number of nitro benzene ring substituents is 1. The van der Waals surface area contributed by atoms with Crippen LogP contribution in [0.3, 0.4) is 0 Å². The van der Waals surface area contributed by atoms with Gasteiger partial charge in [0.15, 0.2) is 0 Å². The number of ether oxygens (including phenoxy) is 3. The van der Waals surface area contributed by atoms with Crippen LogP contribution in [0.5, 0.6) is 5.75 Å². The van der Waals surface area contributed by atoms with E-state index >= 15 is 0 Å². The number of benzene rings is 1. The minimum atomic E-state index is -0.920. The first-order valence-electron chi connectivity index (χ1n) is 8.42. The quantitative estimate of drug-likeness (QED) is 0.165. The summed E-state index contributed by atoms with van der Waals surface area (Å²) in [5.74, 6) is -0.503. The number of carbonyl (C=O) groups is 2. The summed E-state index contributed by atoms with van der Waals surface area (Å²) in [6, 6.07) is 3.79. The molecule has 0 radical (unpaired) electrons. The fourth-order valence-corrected chi connectivity index (χ4v) is 2.05. The minimum Gasteiger partial charge on any atom is -0.463 e. The molecule has 0 amide bonds. The van der Waals surface area contributed by atoms with Crippen LogP contribution in [-0.2, 0) is 14.3 Å². The Labute approximate surface area is 157 Å². The molecule has 0 saturated carbocycles. The van der Waals surface area contributed by atoms with Crippen molar-refractivity contribution < 1.29 is 28.7 Å². The van der Waals surface area contributed by atoms with Gasteiger partial charge in [0.25, 0.3) is 5.69 Å². The molecule has 1 aromatic rings. The van der Waals surface area contributed by atoms with E-state index in [0.29, 0.717) is 0 Å². The first-order chi connectivity index (χ1) is 12.8. The SMILES string of the molecule is CCOC(=O)Oc1ccc([N+](=O)[O-])c(/C=C(\CC=C(C)C)C(=O)OCC)c1. The van der Waals surface area contributed by atoms with E-state index in [1.807, 2.05) is 19.9 Å². The first-order valence-corrected chi connectivity index (χ1v) is 8.42. The molecule has 8 heteroatoms. The van der Waals surface area contributed by atoms with E-state index in [1.54, 1.807) is 13.8 Å².